The second-order valence-corrected chi connectivity index (χ2v) is 11.0. The van der Waals surface area contributed by atoms with Crippen LogP contribution in [0.3, 0.4) is 0 Å². The zero-order valence-corrected chi connectivity index (χ0v) is 21.2. The third-order valence-electron chi connectivity index (χ3n) is 6.19. The second-order valence-electron chi connectivity index (χ2n) is 8.55. The first-order valence-corrected chi connectivity index (χ1v) is 13.6. The Bertz CT molecular complexity index is 1350. The largest absolute Gasteiger partial charge is 0.340 e. The zero-order valence-electron chi connectivity index (χ0n) is 18.9. The molecule has 3 aromatic rings. The van der Waals surface area contributed by atoms with Crippen molar-refractivity contribution in [3.05, 3.63) is 100 Å². The van der Waals surface area contributed by atoms with Gasteiger partial charge in [-0.25, -0.2) is 5.01 Å². The lowest BCUT2D eigenvalue weighted by molar-refractivity contribution is 0.376. The molecule has 0 spiro atoms. The molecule has 0 amide bonds. The van der Waals surface area contributed by atoms with Crippen molar-refractivity contribution in [1.29, 1.82) is 0 Å². The Kier molecular flexibility index (Phi) is 6.82. The van der Waals surface area contributed by atoms with Crippen molar-refractivity contribution in [3.63, 3.8) is 0 Å². The number of halogens is 2. The summed E-state index contributed by atoms with van der Waals surface area (Å²) in [6.07, 6.45) is 1.95. The van der Waals surface area contributed by atoms with Crippen molar-refractivity contribution < 1.29 is 8.42 Å². The molecule has 35 heavy (non-hydrogen) atoms. The van der Waals surface area contributed by atoms with Gasteiger partial charge in [0.25, 0.3) is 10.0 Å². The maximum atomic E-state index is 13.3. The third kappa shape index (κ3) is 5.22. The van der Waals surface area contributed by atoms with E-state index < -0.39 is 10.0 Å². The third-order valence-corrected chi connectivity index (χ3v) is 7.96. The molecule has 1 atom stereocenters. The highest BCUT2D eigenvalue weighted by Gasteiger charge is 2.35. The molecule has 0 N–H and O–H groups in total. The maximum absolute atomic E-state index is 13.3. The molecule has 2 heterocycles. The van der Waals surface area contributed by atoms with E-state index in [-0.39, 0.29) is 10.8 Å². The highest BCUT2D eigenvalue weighted by molar-refractivity contribution is 7.90. The van der Waals surface area contributed by atoms with Crippen molar-refractivity contribution in [2.75, 3.05) is 19.6 Å². The van der Waals surface area contributed by atoms with Crippen LogP contribution < -0.4 is 0 Å². The standard InChI is InChI=1S/C26H24Cl2N4O2S/c27-21-10-8-20(9-11-21)25-24(19-6-2-1-3-7-19)18-32(29-25)26(31-16-4-5-17-31)30-35(33,34)23-14-12-22(28)13-15-23/h1-3,6-15,24H,4-5,16-18H2/b30-26-. The molecule has 0 aromatic heterocycles. The lowest BCUT2D eigenvalue weighted by atomic mass is 9.91. The molecule has 1 saturated heterocycles. The van der Waals surface area contributed by atoms with Gasteiger partial charge in [-0.1, -0.05) is 65.7 Å². The van der Waals surface area contributed by atoms with Gasteiger partial charge >= 0.3 is 0 Å². The van der Waals surface area contributed by atoms with Gasteiger partial charge in [-0.3, -0.25) is 0 Å². The predicted molar refractivity (Wildman–Crippen MR) is 141 cm³/mol. The summed E-state index contributed by atoms with van der Waals surface area (Å²) in [5.41, 5.74) is 2.89. The van der Waals surface area contributed by atoms with Crippen LogP contribution in [0.25, 0.3) is 0 Å². The first-order chi connectivity index (χ1) is 16.9. The number of hydrazone groups is 1. The molecular formula is C26H24Cl2N4O2S. The van der Waals surface area contributed by atoms with Gasteiger partial charge in [0.1, 0.15) is 0 Å². The summed E-state index contributed by atoms with van der Waals surface area (Å²) < 4.78 is 30.8. The van der Waals surface area contributed by atoms with E-state index in [9.17, 15) is 8.42 Å². The molecule has 1 unspecified atom stereocenters. The van der Waals surface area contributed by atoms with E-state index in [1.807, 2.05) is 47.4 Å². The van der Waals surface area contributed by atoms with E-state index in [2.05, 4.69) is 16.5 Å². The Morgan fingerprint density at radius 1 is 0.857 bits per heavy atom. The minimum atomic E-state index is -3.96. The molecule has 0 aliphatic carbocycles. The first kappa shape index (κ1) is 23.9. The predicted octanol–water partition coefficient (Wildman–Crippen LogP) is 5.64. The van der Waals surface area contributed by atoms with Crippen molar-refractivity contribution >= 4 is 44.9 Å². The highest BCUT2D eigenvalue weighted by atomic mass is 35.5. The topological polar surface area (TPSA) is 65.3 Å². The number of rotatable bonds is 4. The number of likely N-dealkylation sites (tertiary alicyclic amines) is 1. The number of hydrogen-bond donors (Lipinski definition) is 0. The molecule has 2 aliphatic heterocycles. The van der Waals surface area contributed by atoms with Crippen molar-refractivity contribution in [2.24, 2.45) is 9.50 Å². The minimum absolute atomic E-state index is 0.0524. The van der Waals surface area contributed by atoms with E-state index in [0.29, 0.717) is 22.5 Å². The number of guanidine groups is 1. The summed E-state index contributed by atoms with van der Waals surface area (Å²) >= 11 is 12.1. The van der Waals surface area contributed by atoms with Gasteiger partial charge in [0.15, 0.2) is 0 Å². The smallest absolute Gasteiger partial charge is 0.285 e. The molecule has 5 rings (SSSR count). The van der Waals surface area contributed by atoms with Gasteiger partial charge in [0.2, 0.25) is 5.96 Å². The molecular weight excluding hydrogens is 503 g/mol. The summed E-state index contributed by atoms with van der Waals surface area (Å²) in [6.45, 7) is 1.94. The average Bonchev–Trinajstić information content (AvgIpc) is 3.55. The van der Waals surface area contributed by atoms with Crippen LogP contribution in [0.2, 0.25) is 10.0 Å². The quantitative estimate of drug-likeness (QED) is 0.326. The SMILES string of the molecule is O=S(=O)(/N=C(/N1CCCC1)N1CC(c2ccccc2)C(c2ccc(Cl)cc2)=N1)c1ccc(Cl)cc1. The molecule has 2 aliphatic rings. The van der Waals surface area contributed by atoms with Crippen LogP contribution in [-0.4, -0.2) is 49.6 Å². The zero-order chi connectivity index (χ0) is 24.4. The van der Waals surface area contributed by atoms with E-state index in [4.69, 9.17) is 28.3 Å². The normalized spacial score (nSPS) is 18.7. The maximum Gasteiger partial charge on any atom is 0.285 e. The van der Waals surface area contributed by atoms with Crippen molar-refractivity contribution in [1.82, 2.24) is 9.91 Å². The Hall–Kier alpha value is -2.87. The van der Waals surface area contributed by atoms with Gasteiger partial charge in [0.05, 0.1) is 17.2 Å². The Balaban J connectivity index is 1.58. The summed E-state index contributed by atoms with van der Waals surface area (Å²) in [5, 5.41) is 7.78. The van der Waals surface area contributed by atoms with E-state index in [0.717, 1.165) is 42.8 Å². The molecule has 3 aromatic carbocycles. The molecule has 9 heteroatoms. The molecule has 0 radical (unpaired) electrons. The molecule has 180 valence electrons. The first-order valence-electron chi connectivity index (χ1n) is 11.4. The van der Waals surface area contributed by atoms with E-state index in [1.54, 1.807) is 17.1 Å². The van der Waals surface area contributed by atoms with Crippen LogP contribution in [-0.2, 0) is 10.0 Å². The number of benzene rings is 3. The molecule has 0 saturated carbocycles. The van der Waals surface area contributed by atoms with Crippen LogP contribution >= 0.6 is 23.2 Å². The van der Waals surface area contributed by atoms with Gasteiger partial charge in [0, 0.05) is 29.1 Å². The summed E-state index contributed by atoms with van der Waals surface area (Å²) in [5.74, 6) is 0.297. The van der Waals surface area contributed by atoms with Gasteiger partial charge in [-0.2, -0.15) is 13.5 Å². The summed E-state index contributed by atoms with van der Waals surface area (Å²) in [6, 6.07) is 23.7. The highest BCUT2D eigenvalue weighted by Crippen LogP contribution is 2.31. The molecule has 6 nitrogen and oxygen atoms in total. The fourth-order valence-corrected chi connectivity index (χ4v) is 5.67. The lowest BCUT2D eigenvalue weighted by Crippen LogP contribution is -2.40. The van der Waals surface area contributed by atoms with E-state index in [1.165, 1.54) is 12.1 Å². The number of nitrogens with zero attached hydrogens (tertiary/aromatic N) is 4. The number of hydrogen-bond acceptors (Lipinski definition) is 3. The molecule has 1 fully saturated rings. The minimum Gasteiger partial charge on any atom is -0.340 e. The van der Waals surface area contributed by atoms with Crippen LogP contribution in [0.5, 0.6) is 0 Å². The second kappa shape index (κ2) is 10.0. The number of sulfonamides is 1. The van der Waals surface area contributed by atoms with Gasteiger partial charge in [-0.05, 0) is 60.4 Å². The molecule has 0 bridgehead atoms. The monoisotopic (exact) mass is 526 g/mol. The van der Waals surface area contributed by atoms with Crippen LogP contribution in [0.1, 0.15) is 29.9 Å². The Morgan fingerprint density at radius 3 is 2.09 bits per heavy atom. The van der Waals surface area contributed by atoms with Gasteiger partial charge < -0.3 is 4.90 Å². The van der Waals surface area contributed by atoms with Gasteiger partial charge in [-0.15, -0.1) is 4.40 Å². The van der Waals surface area contributed by atoms with Crippen LogP contribution in [0, 0.1) is 0 Å². The van der Waals surface area contributed by atoms with Crippen molar-refractivity contribution in [2.45, 2.75) is 23.7 Å². The van der Waals surface area contributed by atoms with Crippen molar-refractivity contribution in [3.8, 4) is 0 Å². The van der Waals surface area contributed by atoms with E-state index >= 15 is 0 Å². The summed E-state index contributed by atoms with van der Waals surface area (Å²) in [7, 11) is -3.96. The Labute approximate surface area is 215 Å². The van der Waals surface area contributed by atoms with Crippen LogP contribution in [0.15, 0.2) is 93.3 Å². The fourth-order valence-electron chi connectivity index (χ4n) is 4.41. The fraction of sp³-hybridized carbons (Fsp3) is 0.231. The van der Waals surface area contributed by atoms with Crippen LogP contribution in [0.4, 0.5) is 0 Å². The average molecular weight is 527 g/mol. The summed E-state index contributed by atoms with van der Waals surface area (Å²) in [4.78, 5) is 2.10. The lowest BCUT2D eigenvalue weighted by Gasteiger charge is -2.26. The Morgan fingerprint density at radius 2 is 1.46 bits per heavy atom.